The average molecular weight is 343 g/mol. The Labute approximate surface area is 146 Å². The SMILES string of the molecule is CC(C)C(NC(=O)c1ccc(CNC(N)=O)cc1)c1ccc(F)cc1. The van der Waals surface area contributed by atoms with Crippen LogP contribution in [0, 0.1) is 11.7 Å². The third-order valence-electron chi connectivity index (χ3n) is 3.87. The third-order valence-corrected chi connectivity index (χ3v) is 3.87. The van der Waals surface area contributed by atoms with Crippen molar-refractivity contribution in [2.75, 3.05) is 0 Å². The average Bonchev–Trinajstić information content (AvgIpc) is 2.59. The van der Waals surface area contributed by atoms with E-state index in [4.69, 9.17) is 5.73 Å². The molecule has 0 aromatic heterocycles. The normalized spacial score (nSPS) is 11.8. The number of hydrogen-bond donors (Lipinski definition) is 3. The summed E-state index contributed by atoms with van der Waals surface area (Å²) in [5.41, 5.74) is 7.23. The van der Waals surface area contributed by atoms with Crippen molar-refractivity contribution in [2.24, 2.45) is 11.7 Å². The number of carbonyl (C=O) groups excluding carboxylic acids is 2. The van der Waals surface area contributed by atoms with E-state index in [1.807, 2.05) is 13.8 Å². The smallest absolute Gasteiger partial charge is 0.312 e. The summed E-state index contributed by atoms with van der Waals surface area (Å²) in [5.74, 6) is -0.372. The van der Waals surface area contributed by atoms with Crippen LogP contribution in [0.4, 0.5) is 9.18 Å². The summed E-state index contributed by atoms with van der Waals surface area (Å²) >= 11 is 0. The van der Waals surface area contributed by atoms with Gasteiger partial charge in [0.15, 0.2) is 0 Å². The summed E-state index contributed by atoms with van der Waals surface area (Å²) in [4.78, 5) is 23.2. The Hall–Kier alpha value is -2.89. The fraction of sp³-hybridized carbons (Fsp3) is 0.263. The number of amides is 3. The summed E-state index contributed by atoms with van der Waals surface area (Å²) in [7, 11) is 0. The summed E-state index contributed by atoms with van der Waals surface area (Å²) in [6, 6.07) is 12.2. The molecule has 6 heteroatoms. The number of nitrogens with one attached hydrogen (secondary N) is 2. The minimum absolute atomic E-state index is 0.147. The van der Waals surface area contributed by atoms with Crippen molar-refractivity contribution in [1.82, 2.24) is 10.6 Å². The van der Waals surface area contributed by atoms with Gasteiger partial charge in [0.1, 0.15) is 5.82 Å². The van der Waals surface area contributed by atoms with E-state index in [0.717, 1.165) is 11.1 Å². The standard InChI is InChI=1S/C19H22FN3O2/c1-12(2)17(14-7-9-16(20)10-8-14)23-18(24)15-5-3-13(4-6-15)11-22-19(21)25/h3-10,12,17H,11H2,1-2H3,(H,23,24)(H3,21,22,25). The lowest BCUT2D eigenvalue weighted by atomic mass is 9.95. The molecular weight excluding hydrogens is 321 g/mol. The van der Waals surface area contributed by atoms with E-state index in [9.17, 15) is 14.0 Å². The van der Waals surface area contributed by atoms with Gasteiger partial charge in [-0.2, -0.15) is 0 Å². The minimum atomic E-state index is -0.596. The molecule has 0 aliphatic heterocycles. The van der Waals surface area contributed by atoms with Gasteiger partial charge in [0, 0.05) is 12.1 Å². The van der Waals surface area contributed by atoms with Crippen molar-refractivity contribution < 1.29 is 14.0 Å². The lowest BCUT2D eigenvalue weighted by Crippen LogP contribution is -2.31. The summed E-state index contributed by atoms with van der Waals surface area (Å²) in [6.45, 7) is 4.29. The topological polar surface area (TPSA) is 84.2 Å². The van der Waals surface area contributed by atoms with Crippen molar-refractivity contribution in [3.63, 3.8) is 0 Å². The van der Waals surface area contributed by atoms with Crippen LogP contribution in [0.25, 0.3) is 0 Å². The molecule has 5 nitrogen and oxygen atoms in total. The molecule has 132 valence electrons. The highest BCUT2D eigenvalue weighted by molar-refractivity contribution is 5.94. The van der Waals surface area contributed by atoms with Crippen molar-refractivity contribution in [3.05, 3.63) is 71.0 Å². The van der Waals surface area contributed by atoms with E-state index in [-0.39, 0.29) is 23.7 Å². The Morgan fingerprint density at radius 2 is 1.64 bits per heavy atom. The molecule has 0 saturated carbocycles. The number of benzene rings is 2. The van der Waals surface area contributed by atoms with Gasteiger partial charge in [0.2, 0.25) is 0 Å². The number of urea groups is 1. The molecule has 0 radical (unpaired) electrons. The van der Waals surface area contributed by atoms with Gasteiger partial charge in [0.05, 0.1) is 6.04 Å². The second-order valence-corrected chi connectivity index (χ2v) is 6.16. The molecule has 4 N–H and O–H groups in total. The Balaban J connectivity index is 2.07. The van der Waals surface area contributed by atoms with Gasteiger partial charge in [-0.25, -0.2) is 9.18 Å². The molecule has 3 amide bonds. The third kappa shape index (κ3) is 5.31. The van der Waals surface area contributed by atoms with Crippen LogP contribution in [0.3, 0.4) is 0 Å². The zero-order chi connectivity index (χ0) is 18.4. The Kier molecular flexibility index (Phi) is 6.11. The number of nitrogens with two attached hydrogens (primary N) is 1. The molecule has 0 heterocycles. The summed E-state index contributed by atoms with van der Waals surface area (Å²) in [6.07, 6.45) is 0. The van der Waals surface area contributed by atoms with Crippen molar-refractivity contribution in [3.8, 4) is 0 Å². The lowest BCUT2D eigenvalue weighted by molar-refractivity contribution is 0.0925. The van der Waals surface area contributed by atoms with Crippen LogP contribution in [0.1, 0.15) is 41.4 Å². The number of carbonyl (C=O) groups is 2. The van der Waals surface area contributed by atoms with E-state index in [1.54, 1.807) is 36.4 Å². The van der Waals surface area contributed by atoms with Crippen LogP contribution in [-0.4, -0.2) is 11.9 Å². The molecule has 0 saturated heterocycles. The molecule has 2 rings (SSSR count). The molecule has 2 aromatic rings. The molecule has 0 aliphatic rings. The quantitative estimate of drug-likeness (QED) is 0.753. The van der Waals surface area contributed by atoms with Gasteiger partial charge >= 0.3 is 6.03 Å². The summed E-state index contributed by atoms with van der Waals surface area (Å²) < 4.78 is 13.1. The molecule has 25 heavy (non-hydrogen) atoms. The molecule has 0 aliphatic carbocycles. The van der Waals surface area contributed by atoms with E-state index >= 15 is 0 Å². The van der Waals surface area contributed by atoms with Crippen LogP contribution in [-0.2, 0) is 6.54 Å². The molecule has 0 fully saturated rings. The molecule has 1 atom stereocenters. The monoisotopic (exact) mass is 343 g/mol. The maximum atomic E-state index is 13.1. The first-order valence-electron chi connectivity index (χ1n) is 8.05. The fourth-order valence-corrected chi connectivity index (χ4v) is 2.49. The first kappa shape index (κ1) is 18.4. The van der Waals surface area contributed by atoms with Crippen LogP contribution < -0.4 is 16.4 Å². The Morgan fingerprint density at radius 3 is 2.16 bits per heavy atom. The van der Waals surface area contributed by atoms with Crippen molar-refractivity contribution in [2.45, 2.75) is 26.4 Å². The van der Waals surface area contributed by atoms with Crippen LogP contribution in [0.2, 0.25) is 0 Å². The number of rotatable bonds is 6. The van der Waals surface area contributed by atoms with Gasteiger partial charge in [-0.3, -0.25) is 4.79 Å². The second-order valence-electron chi connectivity index (χ2n) is 6.16. The Morgan fingerprint density at radius 1 is 1.04 bits per heavy atom. The van der Waals surface area contributed by atoms with E-state index in [2.05, 4.69) is 10.6 Å². The van der Waals surface area contributed by atoms with E-state index in [0.29, 0.717) is 12.1 Å². The van der Waals surface area contributed by atoms with Crippen molar-refractivity contribution in [1.29, 1.82) is 0 Å². The zero-order valence-electron chi connectivity index (χ0n) is 14.3. The summed E-state index contributed by atoms with van der Waals surface area (Å²) in [5, 5.41) is 5.48. The predicted molar refractivity (Wildman–Crippen MR) is 94.3 cm³/mol. The van der Waals surface area contributed by atoms with Gasteiger partial charge in [-0.1, -0.05) is 38.1 Å². The maximum absolute atomic E-state index is 13.1. The van der Waals surface area contributed by atoms with Gasteiger partial charge in [0.25, 0.3) is 5.91 Å². The number of halogens is 1. The van der Waals surface area contributed by atoms with E-state index in [1.165, 1.54) is 12.1 Å². The lowest BCUT2D eigenvalue weighted by Gasteiger charge is -2.23. The number of hydrogen-bond acceptors (Lipinski definition) is 2. The highest BCUT2D eigenvalue weighted by Crippen LogP contribution is 2.22. The van der Waals surface area contributed by atoms with Crippen LogP contribution in [0.15, 0.2) is 48.5 Å². The predicted octanol–water partition coefficient (Wildman–Crippen LogP) is 3.12. The Bertz CT molecular complexity index is 727. The highest BCUT2D eigenvalue weighted by Gasteiger charge is 2.19. The molecule has 0 bridgehead atoms. The fourth-order valence-electron chi connectivity index (χ4n) is 2.49. The molecule has 0 spiro atoms. The first-order valence-corrected chi connectivity index (χ1v) is 8.05. The van der Waals surface area contributed by atoms with Crippen LogP contribution in [0.5, 0.6) is 0 Å². The maximum Gasteiger partial charge on any atom is 0.312 e. The van der Waals surface area contributed by atoms with Crippen LogP contribution >= 0.6 is 0 Å². The minimum Gasteiger partial charge on any atom is -0.352 e. The van der Waals surface area contributed by atoms with Gasteiger partial charge in [-0.15, -0.1) is 0 Å². The number of primary amides is 1. The molecule has 1 unspecified atom stereocenters. The van der Waals surface area contributed by atoms with Crippen molar-refractivity contribution >= 4 is 11.9 Å². The van der Waals surface area contributed by atoms with Gasteiger partial charge < -0.3 is 16.4 Å². The largest absolute Gasteiger partial charge is 0.352 e. The molecular formula is C19H22FN3O2. The second kappa shape index (κ2) is 8.28. The van der Waals surface area contributed by atoms with Gasteiger partial charge in [-0.05, 0) is 41.3 Å². The van der Waals surface area contributed by atoms with E-state index < -0.39 is 6.03 Å². The molecule has 2 aromatic carbocycles. The highest BCUT2D eigenvalue weighted by atomic mass is 19.1. The first-order chi connectivity index (χ1) is 11.9. The zero-order valence-corrected chi connectivity index (χ0v) is 14.3.